The molecule has 1 aromatic heterocycles. The third-order valence-electron chi connectivity index (χ3n) is 13.1. The van der Waals surface area contributed by atoms with Crippen LogP contribution in [0, 0.1) is 28.6 Å². The molecule has 1 amide bonds. The van der Waals surface area contributed by atoms with Crippen molar-refractivity contribution in [1.29, 1.82) is 0 Å². The quantitative estimate of drug-likeness (QED) is 0.0809. The van der Waals surface area contributed by atoms with Crippen molar-refractivity contribution in [3.63, 3.8) is 0 Å². The number of amides is 1. The summed E-state index contributed by atoms with van der Waals surface area (Å²) < 4.78 is 11.2. The number of hydrogen-bond donors (Lipinski definition) is 5. The first kappa shape index (κ1) is 36.9. The van der Waals surface area contributed by atoms with Crippen LogP contribution < -0.4 is 22.4 Å². The molecule has 12 heteroatoms. The molecule has 4 saturated carbocycles. The Kier molecular flexibility index (Phi) is 11.5. The van der Waals surface area contributed by atoms with Crippen LogP contribution in [-0.2, 0) is 19.1 Å². The summed E-state index contributed by atoms with van der Waals surface area (Å²) in [5.41, 5.74) is 10.3. The average molecular weight is 685 g/mol. The van der Waals surface area contributed by atoms with E-state index in [1.165, 1.54) is 6.07 Å². The number of guanidine groups is 1. The van der Waals surface area contributed by atoms with Crippen molar-refractivity contribution in [2.24, 2.45) is 45.0 Å². The normalized spacial score (nSPS) is 34.1. The number of rotatable bonds is 14. The van der Waals surface area contributed by atoms with E-state index in [4.69, 9.17) is 20.6 Å². The lowest BCUT2D eigenvalue weighted by molar-refractivity contribution is -0.207. The van der Waals surface area contributed by atoms with Gasteiger partial charge in [-0.25, -0.2) is 9.59 Å². The van der Waals surface area contributed by atoms with E-state index >= 15 is 0 Å². The van der Waals surface area contributed by atoms with Crippen LogP contribution in [0.25, 0.3) is 0 Å². The molecular formula is C37H56N4O8. The van der Waals surface area contributed by atoms with Gasteiger partial charge in [-0.1, -0.05) is 20.3 Å². The number of carboxylic acids is 1. The number of aliphatic hydroxyl groups is 1. The van der Waals surface area contributed by atoms with E-state index in [1.807, 2.05) is 6.07 Å². The van der Waals surface area contributed by atoms with E-state index in [-0.39, 0.29) is 65.1 Å². The Morgan fingerprint density at radius 3 is 2.49 bits per heavy atom. The summed E-state index contributed by atoms with van der Waals surface area (Å²) in [6, 6.07) is 2.37. The van der Waals surface area contributed by atoms with Gasteiger partial charge in [0.05, 0.1) is 11.9 Å². The summed E-state index contributed by atoms with van der Waals surface area (Å²) in [5.74, 6) is -0.390. The van der Waals surface area contributed by atoms with E-state index in [0.717, 1.165) is 63.4 Å². The lowest BCUT2D eigenvalue weighted by Gasteiger charge is -2.63. The van der Waals surface area contributed by atoms with Gasteiger partial charge in [-0.15, -0.1) is 0 Å². The van der Waals surface area contributed by atoms with Crippen LogP contribution in [0.1, 0.15) is 128 Å². The summed E-state index contributed by atoms with van der Waals surface area (Å²) in [7, 11) is 0. The highest BCUT2D eigenvalue weighted by molar-refractivity contribution is 5.83. The maximum Gasteiger partial charge on any atom is 0.335 e. The molecule has 4 aliphatic rings. The van der Waals surface area contributed by atoms with Crippen molar-refractivity contribution in [3.8, 4) is 0 Å². The van der Waals surface area contributed by atoms with E-state index in [2.05, 4.69) is 24.2 Å². The minimum atomic E-state index is -1.10. The molecular weight excluding hydrogens is 628 g/mol. The molecule has 9 atom stereocenters. The molecule has 9 unspecified atom stereocenters. The monoisotopic (exact) mass is 684 g/mol. The molecule has 0 bridgehead atoms. The van der Waals surface area contributed by atoms with Gasteiger partial charge >= 0.3 is 17.6 Å². The number of hydrogen-bond acceptors (Lipinski definition) is 8. The highest BCUT2D eigenvalue weighted by Crippen LogP contribution is 2.70. The third-order valence-corrected chi connectivity index (χ3v) is 13.1. The van der Waals surface area contributed by atoms with Crippen LogP contribution in [0.3, 0.4) is 0 Å². The summed E-state index contributed by atoms with van der Waals surface area (Å²) in [6.07, 6.45) is 12.8. The van der Waals surface area contributed by atoms with Crippen LogP contribution in [0.5, 0.6) is 0 Å². The second-order valence-electron chi connectivity index (χ2n) is 15.7. The van der Waals surface area contributed by atoms with E-state index < -0.39 is 17.6 Å². The largest absolute Gasteiger partial charge is 0.480 e. The molecule has 4 fully saturated rings. The van der Waals surface area contributed by atoms with Crippen LogP contribution in [-0.4, -0.2) is 58.3 Å². The molecule has 0 aromatic carbocycles. The Morgan fingerprint density at radius 1 is 1.00 bits per heavy atom. The predicted molar refractivity (Wildman–Crippen MR) is 183 cm³/mol. The molecule has 7 N–H and O–H groups in total. The molecule has 1 heterocycles. The van der Waals surface area contributed by atoms with Gasteiger partial charge in [0.1, 0.15) is 12.1 Å². The SMILES string of the molecule is CC12CCC(OC(=O)CCCCCC(=O)NC(CCCN=C(N)N)C(=O)O)CC1CCC1C2CCC2(C)C(c3ccc(=O)oc3)CCC12O. The van der Waals surface area contributed by atoms with Crippen molar-refractivity contribution in [1.82, 2.24) is 5.32 Å². The zero-order chi connectivity index (χ0) is 35.4. The van der Waals surface area contributed by atoms with Gasteiger partial charge in [0.2, 0.25) is 5.91 Å². The minimum Gasteiger partial charge on any atom is -0.480 e. The topological polar surface area (TPSA) is 208 Å². The minimum absolute atomic E-state index is 0.0557. The third kappa shape index (κ3) is 7.84. The Bertz CT molecular complexity index is 1420. The number of carbonyl (C=O) groups excluding carboxylic acids is 2. The average Bonchev–Trinajstić information content (AvgIpc) is 3.33. The number of fused-ring (bicyclic) bond motifs is 5. The lowest BCUT2D eigenvalue weighted by Crippen LogP contribution is -2.62. The molecule has 272 valence electrons. The van der Waals surface area contributed by atoms with Crippen LogP contribution in [0.15, 0.2) is 32.6 Å². The fourth-order valence-electron chi connectivity index (χ4n) is 10.4. The number of carbonyl (C=O) groups is 3. The molecule has 12 nitrogen and oxygen atoms in total. The summed E-state index contributed by atoms with van der Waals surface area (Å²) >= 11 is 0. The van der Waals surface area contributed by atoms with Gasteiger partial charge in [0.25, 0.3) is 0 Å². The number of ether oxygens (including phenoxy) is 1. The van der Waals surface area contributed by atoms with Gasteiger partial charge < -0.3 is 36.2 Å². The van der Waals surface area contributed by atoms with Crippen molar-refractivity contribution in [2.75, 3.05) is 6.54 Å². The summed E-state index contributed by atoms with van der Waals surface area (Å²) in [6.45, 7) is 4.96. The number of carboxylic acid groups (broad SMARTS) is 1. The van der Waals surface area contributed by atoms with E-state index in [1.54, 1.807) is 6.26 Å². The second-order valence-corrected chi connectivity index (χ2v) is 15.7. The Hall–Kier alpha value is -3.41. The van der Waals surface area contributed by atoms with Gasteiger partial charge in [-0.05, 0) is 124 Å². The Labute approximate surface area is 288 Å². The maximum atomic E-state index is 12.8. The zero-order valence-corrected chi connectivity index (χ0v) is 29.2. The molecule has 0 radical (unpaired) electrons. The van der Waals surface area contributed by atoms with Gasteiger partial charge in [0, 0.05) is 30.9 Å². The number of esters is 1. The van der Waals surface area contributed by atoms with E-state index in [9.17, 15) is 29.4 Å². The Morgan fingerprint density at radius 2 is 1.78 bits per heavy atom. The van der Waals surface area contributed by atoms with Crippen LogP contribution >= 0.6 is 0 Å². The number of aliphatic carboxylic acids is 1. The molecule has 0 saturated heterocycles. The van der Waals surface area contributed by atoms with Gasteiger partial charge in [0.15, 0.2) is 5.96 Å². The van der Waals surface area contributed by atoms with Crippen LogP contribution in [0.2, 0.25) is 0 Å². The first-order chi connectivity index (χ1) is 23.3. The summed E-state index contributed by atoms with van der Waals surface area (Å²) in [5, 5.41) is 24.4. The Balaban J connectivity index is 1.04. The number of unbranched alkanes of at least 4 members (excludes halogenated alkanes) is 2. The second kappa shape index (κ2) is 15.2. The first-order valence-electron chi connectivity index (χ1n) is 18.3. The van der Waals surface area contributed by atoms with E-state index in [0.29, 0.717) is 50.5 Å². The van der Waals surface area contributed by atoms with Crippen LogP contribution in [0.4, 0.5) is 0 Å². The fourth-order valence-corrected chi connectivity index (χ4v) is 10.4. The number of aliphatic imine (C=N–C) groups is 1. The van der Waals surface area contributed by atoms with Gasteiger partial charge in [-0.3, -0.25) is 14.6 Å². The molecule has 5 rings (SSSR count). The fraction of sp³-hybridized carbons (Fsp3) is 0.757. The van der Waals surface area contributed by atoms with Crippen molar-refractivity contribution in [2.45, 2.75) is 140 Å². The van der Waals surface area contributed by atoms with Crippen molar-refractivity contribution >= 4 is 23.8 Å². The highest BCUT2D eigenvalue weighted by atomic mass is 16.5. The molecule has 49 heavy (non-hydrogen) atoms. The standard InChI is InChI=1S/C37H56N4O8/c1-35-17-14-25(49-32(44)9-5-3-4-8-30(42)41-29(33(45)46)7-6-20-40-34(38)39)21-24(35)11-12-28-27(35)15-18-36(2)26(16-19-37(28,36)47)23-10-13-31(43)48-22-23/h10,13,22,24-29,47H,3-9,11-12,14-21H2,1-2H3,(H,41,42)(H,45,46)(H4,38,39,40). The molecule has 0 spiro atoms. The zero-order valence-electron chi connectivity index (χ0n) is 29.2. The van der Waals surface area contributed by atoms with Crippen molar-refractivity contribution in [3.05, 3.63) is 34.4 Å². The lowest BCUT2D eigenvalue weighted by atomic mass is 9.43. The molecule has 1 aromatic rings. The smallest absolute Gasteiger partial charge is 0.335 e. The number of nitrogens with two attached hydrogens (primary N) is 2. The van der Waals surface area contributed by atoms with Gasteiger partial charge in [-0.2, -0.15) is 0 Å². The molecule has 0 aliphatic heterocycles. The predicted octanol–water partition coefficient (Wildman–Crippen LogP) is 4.37. The first-order valence-corrected chi connectivity index (χ1v) is 18.3. The summed E-state index contributed by atoms with van der Waals surface area (Å²) in [4.78, 5) is 52.0. The highest BCUT2D eigenvalue weighted by Gasteiger charge is 2.67. The molecule has 4 aliphatic carbocycles. The maximum absolute atomic E-state index is 12.8. The number of nitrogens with zero attached hydrogens (tertiary/aromatic N) is 1. The number of nitrogens with one attached hydrogen (secondary N) is 1. The van der Waals surface area contributed by atoms with Crippen molar-refractivity contribution < 1.29 is 33.8 Å².